The predicted molar refractivity (Wildman–Crippen MR) is 90.7 cm³/mol. The Morgan fingerprint density at radius 3 is 2.90 bits per heavy atom. The Labute approximate surface area is 133 Å². The van der Waals surface area contributed by atoms with E-state index in [-0.39, 0.29) is 6.04 Å². The summed E-state index contributed by atoms with van der Waals surface area (Å²) in [7, 11) is 1.67. The zero-order valence-electron chi connectivity index (χ0n) is 11.2. The molecule has 106 valence electrons. The second kappa shape index (κ2) is 5.05. The second-order valence-corrected chi connectivity index (χ2v) is 7.03. The van der Waals surface area contributed by atoms with Gasteiger partial charge in [0.15, 0.2) is 10.2 Å². The Morgan fingerprint density at radius 2 is 2.25 bits per heavy atom. The molecule has 1 aromatic rings. The second-order valence-electron chi connectivity index (χ2n) is 4.83. The minimum Gasteiger partial charge on any atom is -0.497 e. The van der Waals surface area contributed by atoms with Crippen LogP contribution in [0.5, 0.6) is 5.75 Å². The molecule has 2 aliphatic heterocycles. The minimum absolute atomic E-state index is 0.286. The average molecular weight is 325 g/mol. The maximum Gasteiger partial charge on any atom is 0.182 e. The van der Waals surface area contributed by atoms with Gasteiger partial charge in [0, 0.05) is 22.8 Å². The molecule has 0 bridgehead atoms. The number of hydrogen-bond donors (Lipinski definition) is 1. The van der Waals surface area contributed by atoms with Gasteiger partial charge in [-0.1, -0.05) is 6.92 Å². The molecule has 4 nitrogen and oxygen atoms in total. The van der Waals surface area contributed by atoms with Gasteiger partial charge in [0.05, 0.1) is 18.8 Å². The molecule has 2 unspecified atom stereocenters. The van der Waals surface area contributed by atoms with Crippen molar-refractivity contribution in [2.24, 2.45) is 5.73 Å². The first-order valence-corrected chi connectivity index (χ1v) is 7.97. The summed E-state index contributed by atoms with van der Waals surface area (Å²) in [6, 6.07) is 6.37. The van der Waals surface area contributed by atoms with Gasteiger partial charge in [0.25, 0.3) is 0 Å². The van der Waals surface area contributed by atoms with E-state index in [0.29, 0.717) is 15.5 Å². The van der Waals surface area contributed by atoms with Crippen LogP contribution in [0.3, 0.4) is 0 Å². The fraction of sp³-hybridized carbons (Fsp3) is 0.385. The molecule has 2 N–H and O–H groups in total. The zero-order valence-corrected chi connectivity index (χ0v) is 13.6. The van der Waals surface area contributed by atoms with Crippen LogP contribution in [0, 0.1) is 0 Å². The molecule has 7 heteroatoms. The molecule has 2 heterocycles. The van der Waals surface area contributed by atoms with E-state index in [2.05, 4.69) is 17.9 Å². The van der Waals surface area contributed by atoms with Crippen LogP contribution in [-0.2, 0) is 0 Å². The van der Waals surface area contributed by atoms with Crippen LogP contribution in [0.4, 0.5) is 5.69 Å². The Bertz CT molecular complexity index is 592. The first-order valence-electron chi connectivity index (χ1n) is 6.27. The molecular weight excluding hydrogens is 310 g/mol. The van der Waals surface area contributed by atoms with Crippen molar-refractivity contribution in [1.29, 1.82) is 0 Å². The molecule has 0 spiro atoms. The van der Waals surface area contributed by atoms with Gasteiger partial charge in [-0.15, -0.1) is 11.8 Å². The highest BCUT2D eigenvalue weighted by molar-refractivity contribution is 8.00. The fourth-order valence-corrected chi connectivity index (χ4v) is 4.45. The van der Waals surface area contributed by atoms with Crippen LogP contribution in [0.25, 0.3) is 0 Å². The Kier molecular flexibility index (Phi) is 3.51. The van der Waals surface area contributed by atoms with E-state index in [1.807, 2.05) is 28.8 Å². The summed E-state index contributed by atoms with van der Waals surface area (Å²) in [5.74, 6) is 0.828. The van der Waals surface area contributed by atoms with Crippen LogP contribution in [0.2, 0.25) is 0 Å². The molecule has 3 rings (SSSR count). The Hall–Kier alpha value is -1.05. The van der Waals surface area contributed by atoms with Crippen molar-refractivity contribution in [2.75, 3.05) is 18.6 Å². The number of fused-ring (bicyclic) bond motifs is 3. The number of thiocarbonyl (C=S) groups is 2. The summed E-state index contributed by atoms with van der Waals surface area (Å²) in [6.45, 7) is 2.96. The maximum atomic E-state index is 5.78. The summed E-state index contributed by atoms with van der Waals surface area (Å²) in [6.07, 6.45) is 0. The first kappa shape index (κ1) is 13.9. The number of hydrogen-bond acceptors (Lipinski definition) is 4. The third kappa shape index (κ3) is 2.04. The summed E-state index contributed by atoms with van der Waals surface area (Å²) in [5.41, 5.74) is 6.86. The number of rotatable bonds is 1. The van der Waals surface area contributed by atoms with Gasteiger partial charge in [-0.25, -0.2) is 0 Å². The Balaban J connectivity index is 2.07. The van der Waals surface area contributed by atoms with Gasteiger partial charge < -0.3 is 15.4 Å². The summed E-state index contributed by atoms with van der Waals surface area (Å²) < 4.78 is 5.32. The van der Waals surface area contributed by atoms with E-state index in [4.69, 9.17) is 34.9 Å². The lowest BCUT2D eigenvalue weighted by atomic mass is 10.1. The highest BCUT2D eigenvalue weighted by Crippen LogP contribution is 2.45. The minimum atomic E-state index is 0.286. The average Bonchev–Trinajstić information content (AvgIpc) is 2.78. The molecule has 1 saturated heterocycles. The smallest absolute Gasteiger partial charge is 0.182 e. The molecule has 20 heavy (non-hydrogen) atoms. The number of nitrogens with two attached hydrogens (primary N) is 1. The van der Waals surface area contributed by atoms with Crippen molar-refractivity contribution in [3.05, 3.63) is 18.2 Å². The molecule has 1 fully saturated rings. The lowest BCUT2D eigenvalue weighted by molar-refractivity contribution is 0.414. The highest BCUT2D eigenvalue weighted by Gasteiger charge is 2.43. The van der Waals surface area contributed by atoms with Crippen molar-refractivity contribution in [2.45, 2.75) is 23.1 Å². The van der Waals surface area contributed by atoms with Crippen molar-refractivity contribution in [1.82, 2.24) is 4.90 Å². The number of ether oxygens (including phenoxy) is 1. The van der Waals surface area contributed by atoms with Gasteiger partial charge in [-0.3, -0.25) is 4.90 Å². The third-order valence-electron chi connectivity index (χ3n) is 3.68. The van der Waals surface area contributed by atoms with Crippen LogP contribution < -0.4 is 15.4 Å². The van der Waals surface area contributed by atoms with Gasteiger partial charge in [-0.2, -0.15) is 0 Å². The summed E-state index contributed by atoms with van der Waals surface area (Å²) in [5, 5.41) is 1.45. The van der Waals surface area contributed by atoms with Gasteiger partial charge in [-0.05, 0) is 36.6 Å². The normalized spacial score (nSPS) is 24.4. The molecule has 1 aromatic carbocycles. The standard InChI is InChI=1S/C13H15N3OS3/c1-7-10-6-15(12(14)18)13(19)16(10)9-5-8(17-2)3-4-11(9)20-7/h3-5,7,10H,6H2,1-2H3,(H2,14,18). The maximum absolute atomic E-state index is 5.78. The van der Waals surface area contributed by atoms with Crippen LogP contribution in [-0.4, -0.2) is 40.1 Å². The SMILES string of the molecule is COc1ccc2c(c1)N1C(=S)N(C(N)=S)CC1C(C)S2. The van der Waals surface area contributed by atoms with Crippen molar-refractivity contribution >= 4 is 52.1 Å². The lowest BCUT2D eigenvalue weighted by Crippen LogP contribution is -2.43. The van der Waals surface area contributed by atoms with Crippen molar-refractivity contribution in [3.63, 3.8) is 0 Å². The lowest BCUT2D eigenvalue weighted by Gasteiger charge is -2.35. The largest absolute Gasteiger partial charge is 0.497 e. The fourth-order valence-electron chi connectivity index (χ4n) is 2.63. The predicted octanol–water partition coefficient (Wildman–Crippen LogP) is 2.21. The van der Waals surface area contributed by atoms with Crippen LogP contribution >= 0.6 is 36.2 Å². The quantitative estimate of drug-likeness (QED) is 0.794. The summed E-state index contributed by atoms with van der Waals surface area (Å²) in [4.78, 5) is 5.20. The van der Waals surface area contributed by atoms with Gasteiger partial charge >= 0.3 is 0 Å². The number of benzene rings is 1. The van der Waals surface area contributed by atoms with Crippen LogP contribution in [0.1, 0.15) is 6.92 Å². The Morgan fingerprint density at radius 1 is 1.50 bits per heavy atom. The van der Waals surface area contributed by atoms with Gasteiger partial charge in [0.1, 0.15) is 5.75 Å². The molecule has 0 amide bonds. The highest BCUT2D eigenvalue weighted by atomic mass is 32.2. The van der Waals surface area contributed by atoms with Crippen molar-refractivity contribution in [3.8, 4) is 5.75 Å². The summed E-state index contributed by atoms with van der Waals surface area (Å²) >= 11 is 12.5. The zero-order chi connectivity index (χ0) is 14.4. The molecule has 0 aromatic heterocycles. The van der Waals surface area contributed by atoms with E-state index in [1.54, 1.807) is 7.11 Å². The monoisotopic (exact) mass is 325 g/mol. The first-order chi connectivity index (χ1) is 9.52. The molecule has 2 aliphatic rings. The molecule has 0 aliphatic carbocycles. The number of thioether (sulfide) groups is 1. The van der Waals surface area contributed by atoms with Crippen LogP contribution in [0.15, 0.2) is 23.1 Å². The third-order valence-corrected chi connectivity index (χ3v) is 5.61. The number of nitrogens with zero attached hydrogens (tertiary/aromatic N) is 2. The molecule has 0 radical (unpaired) electrons. The van der Waals surface area contributed by atoms with Crippen molar-refractivity contribution < 1.29 is 4.74 Å². The number of methoxy groups -OCH3 is 1. The van der Waals surface area contributed by atoms with E-state index in [0.717, 1.165) is 18.0 Å². The van der Waals surface area contributed by atoms with E-state index < -0.39 is 0 Å². The molecule has 0 saturated carbocycles. The number of anilines is 1. The van der Waals surface area contributed by atoms with E-state index in [1.165, 1.54) is 4.90 Å². The van der Waals surface area contributed by atoms with Gasteiger partial charge in [0.2, 0.25) is 0 Å². The topological polar surface area (TPSA) is 41.7 Å². The molecule has 2 atom stereocenters. The molecular formula is C13H15N3OS3. The van der Waals surface area contributed by atoms with E-state index >= 15 is 0 Å². The van der Waals surface area contributed by atoms with E-state index in [9.17, 15) is 0 Å².